The van der Waals surface area contributed by atoms with Crippen LogP contribution in [0.1, 0.15) is 36.0 Å². The summed E-state index contributed by atoms with van der Waals surface area (Å²) in [5.74, 6) is 0.177. The van der Waals surface area contributed by atoms with Gasteiger partial charge in [0, 0.05) is 16.6 Å². The van der Waals surface area contributed by atoms with Gasteiger partial charge in [-0.15, -0.1) is 0 Å². The van der Waals surface area contributed by atoms with Crippen molar-refractivity contribution in [1.29, 1.82) is 0 Å². The predicted octanol–water partition coefficient (Wildman–Crippen LogP) is 4.28. The molecule has 0 aliphatic heterocycles. The Bertz CT molecular complexity index is 1040. The Balaban J connectivity index is 1.68. The molecule has 1 heterocycles. The van der Waals surface area contributed by atoms with Gasteiger partial charge in [0.1, 0.15) is 22.6 Å². The minimum Gasteiger partial charge on any atom is -0.506 e. The molecular weight excluding hydrogens is 401 g/mol. The van der Waals surface area contributed by atoms with Gasteiger partial charge in [0.05, 0.1) is 16.7 Å². The van der Waals surface area contributed by atoms with Crippen LogP contribution in [0.3, 0.4) is 0 Å². The molecular formula is C20H19Cl2N3O3. The number of aliphatic hydroxyl groups is 1. The maximum absolute atomic E-state index is 12.8. The quantitative estimate of drug-likeness (QED) is 0.509. The number of nitrogens with one attached hydrogen (secondary N) is 2. The maximum atomic E-state index is 12.8. The number of benzene rings is 2. The fourth-order valence-corrected chi connectivity index (χ4v) is 4.05. The normalized spacial score (nSPS) is 19.7. The molecule has 1 aliphatic carbocycles. The van der Waals surface area contributed by atoms with Crippen LogP contribution >= 0.6 is 23.2 Å². The Morgan fingerprint density at radius 3 is 2.61 bits per heavy atom. The number of aromatic amines is 1. The van der Waals surface area contributed by atoms with E-state index < -0.39 is 0 Å². The average molecular weight is 420 g/mol. The van der Waals surface area contributed by atoms with Gasteiger partial charge in [0.2, 0.25) is 0 Å². The molecule has 0 bridgehead atoms. The number of aromatic nitrogens is 2. The molecule has 0 unspecified atom stereocenters. The van der Waals surface area contributed by atoms with E-state index in [0.29, 0.717) is 50.9 Å². The summed E-state index contributed by atoms with van der Waals surface area (Å²) >= 11 is 12.2. The molecule has 4 N–H and O–H groups in total. The van der Waals surface area contributed by atoms with E-state index in [2.05, 4.69) is 15.3 Å². The summed E-state index contributed by atoms with van der Waals surface area (Å²) < 4.78 is 0. The highest BCUT2D eigenvalue weighted by Gasteiger charge is 2.23. The lowest BCUT2D eigenvalue weighted by molar-refractivity contribution is 0.0869. The number of H-pyrrole nitrogens is 1. The third-order valence-electron chi connectivity index (χ3n) is 5.09. The Morgan fingerprint density at radius 2 is 1.89 bits per heavy atom. The first-order valence-corrected chi connectivity index (χ1v) is 9.84. The molecule has 1 fully saturated rings. The first-order valence-electron chi connectivity index (χ1n) is 9.08. The molecule has 3 aromatic rings. The third kappa shape index (κ3) is 3.68. The van der Waals surface area contributed by atoms with E-state index in [-0.39, 0.29) is 23.8 Å². The zero-order valence-corrected chi connectivity index (χ0v) is 16.4. The SMILES string of the molecule is O=C(NC1CCC(O)CC1)c1ccc(O)c2[nH]c(-c3ccc(Cl)cc3Cl)nc12. The van der Waals surface area contributed by atoms with Crippen LogP contribution in [0.15, 0.2) is 30.3 Å². The van der Waals surface area contributed by atoms with Crippen LogP contribution in [-0.2, 0) is 0 Å². The number of halogens is 2. The lowest BCUT2D eigenvalue weighted by Crippen LogP contribution is -2.38. The monoisotopic (exact) mass is 419 g/mol. The van der Waals surface area contributed by atoms with Crippen molar-refractivity contribution in [3.05, 3.63) is 45.9 Å². The van der Waals surface area contributed by atoms with Gasteiger partial charge in [-0.3, -0.25) is 4.79 Å². The minimum atomic E-state index is -0.286. The van der Waals surface area contributed by atoms with Gasteiger partial charge in [-0.25, -0.2) is 4.98 Å². The van der Waals surface area contributed by atoms with Gasteiger partial charge in [0.15, 0.2) is 0 Å². The fraction of sp³-hybridized carbons (Fsp3) is 0.300. The molecule has 0 atom stereocenters. The van der Waals surface area contributed by atoms with E-state index in [4.69, 9.17) is 23.2 Å². The Morgan fingerprint density at radius 1 is 1.14 bits per heavy atom. The number of carbonyl (C=O) groups excluding carboxylic acids is 1. The third-order valence-corrected chi connectivity index (χ3v) is 5.63. The molecule has 0 radical (unpaired) electrons. The van der Waals surface area contributed by atoms with Crippen molar-refractivity contribution in [2.45, 2.75) is 37.8 Å². The average Bonchev–Trinajstić information content (AvgIpc) is 3.09. The first-order chi connectivity index (χ1) is 13.4. The molecule has 1 aliphatic rings. The lowest BCUT2D eigenvalue weighted by atomic mass is 9.93. The molecule has 1 aromatic heterocycles. The minimum absolute atomic E-state index is 0.00354. The van der Waals surface area contributed by atoms with Crippen LogP contribution < -0.4 is 5.32 Å². The van der Waals surface area contributed by atoms with Crippen LogP contribution in [0.5, 0.6) is 5.75 Å². The van der Waals surface area contributed by atoms with Gasteiger partial charge in [0.25, 0.3) is 5.91 Å². The van der Waals surface area contributed by atoms with Crippen molar-refractivity contribution in [2.75, 3.05) is 0 Å². The standard InChI is InChI=1S/C20H19Cl2N3O3/c21-10-1-6-13(15(22)9-10)19-24-17-14(7-8-16(27)18(17)25-19)20(28)23-11-2-4-12(26)5-3-11/h1,6-9,11-12,26-27H,2-5H2,(H,23,28)(H,24,25). The largest absolute Gasteiger partial charge is 0.506 e. The number of hydrogen-bond acceptors (Lipinski definition) is 4. The summed E-state index contributed by atoms with van der Waals surface area (Å²) in [7, 11) is 0. The van der Waals surface area contributed by atoms with Gasteiger partial charge in [-0.2, -0.15) is 0 Å². The van der Waals surface area contributed by atoms with Gasteiger partial charge < -0.3 is 20.5 Å². The summed E-state index contributed by atoms with van der Waals surface area (Å²) in [6.07, 6.45) is 2.54. The number of carbonyl (C=O) groups is 1. The number of amides is 1. The highest BCUT2D eigenvalue weighted by atomic mass is 35.5. The Hall–Kier alpha value is -2.28. The summed E-state index contributed by atoms with van der Waals surface area (Å²) in [6.45, 7) is 0. The first kappa shape index (κ1) is 19.1. The Kier molecular flexibility index (Phi) is 5.19. The molecule has 146 valence electrons. The molecule has 6 nitrogen and oxygen atoms in total. The number of imidazole rings is 1. The van der Waals surface area contributed by atoms with Crippen molar-refractivity contribution >= 4 is 40.1 Å². The van der Waals surface area contributed by atoms with Crippen LogP contribution in [0, 0.1) is 0 Å². The smallest absolute Gasteiger partial charge is 0.253 e. The fourth-order valence-electron chi connectivity index (χ4n) is 3.55. The van der Waals surface area contributed by atoms with Crippen LogP contribution in [0.4, 0.5) is 0 Å². The number of fused-ring (bicyclic) bond motifs is 1. The van der Waals surface area contributed by atoms with E-state index in [1.807, 2.05) is 0 Å². The predicted molar refractivity (Wildman–Crippen MR) is 109 cm³/mol. The van der Waals surface area contributed by atoms with Crippen LogP contribution in [0.25, 0.3) is 22.4 Å². The lowest BCUT2D eigenvalue weighted by Gasteiger charge is -2.26. The second-order valence-electron chi connectivity index (χ2n) is 7.04. The van der Waals surface area contributed by atoms with E-state index in [0.717, 1.165) is 12.8 Å². The van der Waals surface area contributed by atoms with Crippen LogP contribution in [0.2, 0.25) is 10.0 Å². The number of rotatable bonds is 3. The summed E-state index contributed by atoms with van der Waals surface area (Å²) in [6, 6.07) is 8.07. The Labute approximate surface area is 171 Å². The number of aliphatic hydroxyl groups excluding tert-OH is 1. The highest BCUT2D eigenvalue weighted by molar-refractivity contribution is 6.36. The van der Waals surface area contributed by atoms with E-state index in [1.54, 1.807) is 24.3 Å². The topological polar surface area (TPSA) is 98.2 Å². The maximum Gasteiger partial charge on any atom is 0.253 e. The highest BCUT2D eigenvalue weighted by Crippen LogP contribution is 2.33. The number of phenolic OH excluding ortho intramolecular Hbond substituents is 1. The second kappa shape index (κ2) is 7.62. The number of nitrogens with zero attached hydrogens (tertiary/aromatic N) is 1. The summed E-state index contributed by atoms with van der Waals surface area (Å²) in [5.41, 5.74) is 1.72. The molecule has 8 heteroatoms. The van der Waals surface area contributed by atoms with Crippen molar-refractivity contribution in [2.24, 2.45) is 0 Å². The second-order valence-corrected chi connectivity index (χ2v) is 7.89. The molecule has 0 spiro atoms. The van der Waals surface area contributed by atoms with Gasteiger partial charge in [-0.05, 0) is 56.0 Å². The van der Waals surface area contributed by atoms with Gasteiger partial charge in [-0.1, -0.05) is 23.2 Å². The van der Waals surface area contributed by atoms with Crippen molar-refractivity contribution < 1.29 is 15.0 Å². The van der Waals surface area contributed by atoms with Gasteiger partial charge >= 0.3 is 0 Å². The van der Waals surface area contributed by atoms with E-state index >= 15 is 0 Å². The number of phenols is 1. The number of hydrogen-bond donors (Lipinski definition) is 4. The number of aromatic hydroxyl groups is 1. The summed E-state index contributed by atoms with van der Waals surface area (Å²) in [5, 5.41) is 23.8. The molecule has 0 saturated heterocycles. The zero-order chi connectivity index (χ0) is 19.8. The van der Waals surface area contributed by atoms with E-state index in [1.165, 1.54) is 6.07 Å². The van der Waals surface area contributed by atoms with Crippen molar-refractivity contribution in [1.82, 2.24) is 15.3 Å². The van der Waals surface area contributed by atoms with Crippen LogP contribution in [-0.4, -0.2) is 38.2 Å². The molecule has 4 rings (SSSR count). The molecule has 1 saturated carbocycles. The van der Waals surface area contributed by atoms with Crippen molar-refractivity contribution in [3.63, 3.8) is 0 Å². The molecule has 1 amide bonds. The zero-order valence-electron chi connectivity index (χ0n) is 14.9. The molecule has 28 heavy (non-hydrogen) atoms. The summed E-state index contributed by atoms with van der Waals surface area (Å²) in [4.78, 5) is 20.4. The van der Waals surface area contributed by atoms with Crippen molar-refractivity contribution in [3.8, 4) is 17.1 Å². The molecule has 2 aromatic carbocycles. The van der Waals surface area contributed by atoms with E-state index in [9.17, 15) is 15.0 Å².